The second-order valence-corrected chi connectivity index (χ2v) is 11.3. The Bertz CT molecular complexity index is 1420. The number of hydrogen-bond donors (Lipinski definition) is 1. The molecule has 0 aliphatic carbocycles. The van der Waals surface area contributed by atoms with E-state index in [2.05, 4.69) is 14.7 Å². The standard InChI is InChI=1S/C23H20ClFN4O2S2/c1-23(2,3)21-28-19(20(32-21)17-12-13-26-22(24)27-17)15-10-7-11-16(18(15)25)29-33(30,31)14-8-5-4-6-9-14/h4-13,29H,1-3H3. The molecule has 2 aromatic carbocycles. The third kappa shape index (κ3) is 4.90. The highest BCUT2D eigenvalue weighted by Gasteiger charge is 2.26. The molecule has 33 heavy (non-hydrogen) atoms. The average Bonchev–Trinajstić information content (AvgIpc) is 3.22. The molecular weight excluding hydrogens is 483 g/mol. The van der Waals surface area contributed by atoms with Crippen LogP contribution in [0.25, 0.3) is 21.8 Å². The van der Waals surface area contributed by atoms with Crippen LogP contribution in [0.1, 0.15) is 25.8 Å². The van der Waals surface area contributed by atoms with Gasteiger partial charge in [-0.15, -0.1) is 11.3 Å². The van der Waals surface area contributed by atoms with Crippen molar-refractivity contribution < 1.29 is 12.8 Å². The van der Waals surface area contributed by atoms with Gasteiger partial charge in [0, 0.05) is 17.2 Å². The number of anilines is 1. The molecule has 0 saturated heterocycles. The summed E-state index contributed by atoms with van der Waals surface area (Å²) in [4.78, 5) is 13.5. The van der Waals surface area contributed by atoms with E-state index < -0.39 is 15.8 Å². The van der Waals surface area contributed by atoms with Gasteiger partial charge in [-0.3, -0.25) is 4.72 Å². The Morgan fingerprint density at radius 1 is 1.00 bits per heavy atom. The van der Waals surface area contributed by atoms with Crippen LogP contribution in [0.2, 0.25) is 5.28 Å². The van der Waals surface area contributed by atoms with Gasteiger partial charge >= 0.3 is 0 Å². The van der Waals surface area contributed by atoms with Crippen LogP contribution in [0.3, 0.4) is 0 Å². The van der Waals surface area contributed by atoms with Crippen LogP contribution in [0.5, 0.6) is 0 Å². The Morgan fingerprint density at radius 2 is 1.73 bits per heavy atom. The van der Waals surface area contributed by atoms with E-state index in [-0.39, 0.29) is 26.8 Å². The largest absolute Gasteiger partial charge is 0.277 e. The van der Waals surface area contributed by atoms with Crippen molar-refractivity contribution in [1.29, 1.82) is 0 Å². The van der Waals surface area contributed by atoms with Gasteiger partial charge in [0.05, 0.1) is 31.9 Å². The van der Waals surface area contributed by atoms with Crippen molar-refractivity contribution in [3.63, 3.8) is 0 Å². The fourth-order valence-corrected chi connectivity index (χ4v) is 5.39. The molecule has 170 valence electrons. The van der Waals surface area contributed by atoms with Crippen molar-refractivity contribution in [1.82, 2.24) is 15.0 Å². The van der Waals surface area contributed by atoms with Crippen LogP contribution >= 0.6 is 22.9 Å². The first-order valence-corrected chi connectivity index (χ1v) is 12.6. The second kappa shape index (κ2) is 8.81. The predicted molar refractivity (Wildman–Crippen MR) is 129 cm³/mol. The fourth-order valence-electron chi connectivity index (χ4n) is 3.06. The summed E-state index contributed by atoms with van der Waals surface area (Å²) in [6.45, 7) is 6.02. The van der Waals surface area contributed by atoms with Gasteiger partial charge in [0.15, 0.2) is 5.82 Å². The fraction of sp³-hybridized carbons (Fsp3) is 0.174. The molecule has 2 aromatic heterocycles. The SMILES string of the molecule is CC(C)(C)c1nc(-c2cccc(NS(=O)(=O)c3ccccc3)c2F)c(-c2ccnc(Cl)n2)s1. The molecule has 2 heterocycles. The Morgan fingerprint density at radius 3 is 2.39 bits per heavy atom. The van der Waals surface area contributed by atoms with Crippen LogP contribution in [0.15, 0.2) is 65.7 Å². The van der Waals surface area contributed by atoms with Crippen molar-refractivity contribution in [3.05, 3.63) is 76.9 Å². The number of halogens is 2. The first kappa shape index (κ1) is 23.3. The molecule has 4 rings (SSSR count). The van der Waals surface area contributed by atoms with Gasteiger partial charge in [-0.1, -0.05) is 45.0 Å². The maximum Gasteiger partial charge on any atom is 0.261 e. The third-order valence-corrected chi connectivity index (χ3v) is 7.75. The summed E-state index contributed by atoms with van der Waals surface area (Å²) in [5, 5.41) is 0.839. The lowest BCUT2D eigenvalue weighted by Crippen LogP contribution is -2.14. The molecule has 0 aliphatic rings. The minimum absolute atomic E-state index is 0.0368. The van der Waals surface area contributed by atoms with Gasteiger partial charge in [0.1, 0.15) is 0 Å². The molecule has 0 atom stereocenters. The number of nitrogens with one attached hydrogen (secondary N) is 1. The van der Waals surface area contributed by atoms with Crippen molar-refractivity contribution in [2.75, 3.05) is 4.72 Å². The van der Waals surface area contributed by atoms with Crippen LogP contribution < -0.4 is 4.72 Å². The van der Waals surface area contributed by atoms with Crippen LogP contribution in [-0.2, 0) is 15.4 Å². The molecule has 0 unspecified atom stereocenters. The molecule has 4 aromatic rings. The number of hydrogen-bond acceptors (Lipinski definition) is 6. The zero-order valence-electron chi connectivity index (χ0n) is 18.0. The first-order chi connectivity index (χ1) is 15.6. The zero-order chi connectivity index (χ0) is 23.8. The molecule has 0 aliphatic heterocycles. The summed E-state index contributed by atoms with van der Waals surface area (Å²) in [5.41, 5.74) is 0.552. The lowest BCUT2D eigenvalue weighted by atomic mass is 9.98. The van der Waals surface area contributed by atoms with Crippen molar-refractivity contribution >= 4 is 38.6 Å². The lowest BCUT2D eigenvalue weighted by Gasteiger charge is -2.13. The molecule has 6 nitrogen and oxygen atoms in total. The number of sulfonamides is 1. The molecule has 0 spiro atoms. The van der Waals surface area contributed by atoms with Gasteiger partial charge in [-0.05, 0) is 41.9 Å². The Labute approximate surface area is 200 Å². The van der Waals surface area contributed by atoms with Gasteiger partial charge in [-0.2, -0.15) is 0 Å². The summed E-state index contributed by atoms with van der Waals surface area (Å²) < 4.78 is 43.5. The van der Waals surface area contributed by atoms with Crippen molar-refractivity contribution in [2.45, 2.75) is 31.1 Å². The van der Waals surface area contributed by atoms with E-state index in [0.29, 0.717) is 16.3 Å². The average molecular weight is 503 g/mol. The van der Waals surface area contributed by atoms with E-state index in [0.717, 1.165) is 5.01 Å². The van der Waals surface area contributed by atoms with Gasteiger partial charge in [0.25, 0.3) is 10.0 Å². The van der Waals surface area contributed by atoms with Crippen LogP contribution in [0, 0.1) is 5.82 Å². The molecule has 0 radical (unpaired) electrons. The van der Waals surface area contributed by atoms with Gasteiger partial charge in [-0.25, -0.2) is 27.8 Å². The third-order valence-electron chi connectivity index (χ3n) is 4.68. The highest BCUT2D eigenvalue weighted by molar-refractivity contribution is 7.92. The smallest absolute Gasteiger partial charge is 0.261 e. The number of thiazole rings is 1. The molecule has 0 bridgehead atoms. The number of rotatable bonds is 5. The Balaban J connectivity index is 1.84. The molecule has 1 N–H and O–H groups in total. The highest BCUT2D eigenvalue weighted by Crippen LogP contribution is 2.42. The van der Waals surface area contributed by atoms with E-state index >= 15 is 4.39 Å². The highest BCUT2D eigenvalue weighted by atomic mass is 35.5. The lowest BCUT2D eigenvalue weighted by molar-refractivity contribution is 0.585. The second-order valence-electron chi connectivity index (χ2n) is 8.24. The normalized spacial score (nSPS) is 12.0. The van der Waals surface area contributed by atoms with Crippen molar-refractivity contribution in [3.8, 4) is 21.8 Å². The predicted octanol–water partition coefficient (Wildman–Crippen LogP) is 6.16. The number of nitrogens with zero attached hydrogens (tertiary/aromatic N) is 3. The van der Waals surface area contributed by atoms with Gasteiger partial charge < -0.3 is 0 Å². The van der Waals surface area contributed by atoms with E-state index in [1.807, 2.05) is 20.8 Å². The summed E-state index contributed by atoms with van der Waals surface area (Å²) in [6, 6.07) is 14.0. The van der Waals surface area contributed by atoms with Crippen LogP contribution in [-0.4, -0.2) is 23.4 Å². The minimum Gasteiger partial charge on any atom is -0.277 e. The van der Waals surface area contributed by atoms with Crippen molar-refractivity contribution in [2.24, 2.45) is 0 Å². The monoisotopic (exact) mass is 502 g/mol. The van der Waals surface area contributed by atoms with E-state index in [9.17, 15) is 8.42 Å². The zero-order valence-corrected chi connectivity index (χ0v) is 20.4. The van der Waals surface area contributed by atoms with E-state index in [1.54, 1.807) is 36.4 Å². The Hall–Kier alpha value is -2.88. The molecule has 0 fully saturated rings. The summed E-state index contributed by atoms with van der Waals surface area (Å²) >= 11 is 7.37. The quantitative estimate of drug-likeness (QED) is 0.330. The summed E-state index contributed by atoms with van der Waals surface area (Å²) in [7, 11) is -3.97. The van der Waals surface area contributed by atoms with E-state index in [4.69, 9.17) is 16.6 Å². The number of aromatic nitrogens is 3. The molecule has 0 saturated carbocycles. The number of benzene rings is 2. The van der Waals surface area contributed by atoms with Gasteiger partial charge in [0.2, 0.25) is 5.28 Å². The maximum atomic E-state index is 15.7. The summed E-state index contributed by atoms with van der Waals surface area (Å²) in [6.07, 6.45) is 1.52. The molecule has 10 heteroatoms. The summed E-state index contributed by atoms with van der Waals surface area (Å²) in [5.74, 6) is -0.732. The maximum absolute atomic E-state index is 15.7. The van der Waals surface area contributed by atoms with Crippen LogP contribution in [0.4, 0.5) is 10.1 Å². The molecule has 0 amide bonds. The first-order valence-electron chi connectivity index (χ1n) is 9.93. The van der Waals surface area contributed by atoms with E-state index in [1.165, 1.54) is 35.7 Å². The Kier molecular flexibility index (Phi) is 6.22. The molecular formula is C23H20ClFN4O2S2. The minimum atomic E-state index is -3.97. The topological polar surface area (TPSA) is 84.8 Å².